The summed E-state index contributed by atoms with van der Waals surface area (Å²) in [6.45, 7) is 2.71. The Balaban J connectivity index is 2.60. The van der Waals surface area contributed by atoms with E-state index in [2.05, 4.69) is 4.99 Å². The number of ether oxygens (including phenoxy) is 1. The van der Waals surface area contributed by atoms with Gasteiger partial charge in [-0.3, -0.25) is 5.41 Å². The molecule has 2 unspecified atom stereocenters. The number of hydrogen-bond acceptors (Lipinski definition) is 2. The maximum absolute atomic E-state index is 7.60. The second-order valence-corrected chi connectivity index (χ2v) is 3.40. The molecule has 0 radical (unpaired) electrons. The summed E-state index contributed by atoms with van der Waals surface area (Å²) < 4.78 is 5.39. The Bertz CT molecular complexity index is 248. The van der Waals surface area contributed by atoms with Crippen LogP contribution in [-0.4, -0.2) is 42.6 Å². The zero-order chi connectivity index (χ0) is 10.7. The van der Waals surface area contributed by atoms with Gasteiger partial charge in [-0.2, -0.15) is 4.99 Å². The van der Waals surface area contributed by atoms with E-state index < -0.39 is 0 Å². The number of likely N-dealkylation sites (N-methyl/N-ethyl adjacent to an activating group) is 1. The van der Waals surface area contributed by atoms with Crippen LogP contribution in [0.3, 0.4) is 0 Å². The first kappa shape index (κ1) is 10.8. The van der Waals surface area contributed by atoms with Gasteiger partial charge in [-0.25, -0.2) is 0 Å². The molecule has 0 aromatic heterocycles. The Morgan fingerprint density at radius 3 is 2.64 bits per heavy atom. The van der Waals surface area contributed by atoms with E-state index in [0.29, 0.717) is 0 Å². The van der Waals surface area contributed by atoms with Gasteiger partial charge < -0.3 is 21.1 Å². The van der Waals surface area contributed by atoms with Crippen molar-refractivity contribution < 1.29 is 4.74 Å². The van der Waals surface area contributed by atoms with Crippen LogP contribution in [0.4, 0.5) is 0 Å². The molecule has 0 amide bonds. The first-order valence-corrected chi connectivity index (χ1v) is 4.55. The minimum Gasteiger partial charge on any atom is -0.376 e. The number of nitrogens with one attached hydrogen (secondary N) is 1. The van der Waals surface area contributed by atoms with Crippen molar-refractivity contribution >= 4 is 11.9 Å². The molecule has 80 valence electrons. The van der Waals surface area contributed by atoms with Gasteiger partial charge in [0.05, 0.1) is 12.1 Å². The summed E-state index contributed by atoms with van der Waals surface area (Å²) in [7, 11) is 1.80. The fraction of sp³-hybridized carbons (Fsp3) is 0.750. The van der Waals surface area contributed by atoms with Crippen molar-refractivity contribution in [2.24, 2.45) is 16.5 Å². The fourth-order valence-corrected chi connectivity index (χ4v) is 1.59. The molecule has 1 rings (SSSR count). The average molecular weight is 199 g/mol. The fourth-order valence-electron chi connectivity index (χ4n) is 1.59. The zero-order valence-corrected chi connectivity index (χ0v) is 8.53. The molecule has 1 fully saturated rings. The highest BCUT2D eigenvalue weighted by Crippen LogP contribution is 2.18. The van der Waals surface area contributed by atoms with Crippen LogP contribution in [0.25, 0.3) is 0 Å². The predicted molar refractivity (Wildman–Crippen MR) is 55.1 cm³/mol. The number of rotatable bonds is 1. The van der Waals surface area contributed by atoms with Crippen LogP contribution in [0.5, 0.6) is 0 Å². The second kappa shape index (κ2) is 4.28. The van der Waals surface area contributed by atoms with Gasteiger partial charge in [-0.05, 0) is 13.3 Å². The summed E-state index contributed by atoms with van der Waals surface area (Å²) in [5.74, 6) is -0.0132. The minimum atomic E-state index is -0.0894. The van der Waals surface area contributed by atoms with Gasteiger partial charge in [-0.1, -0.05) is 0 Å². The summed E-state index contributed by atoms with van der Waals surface area (Å²) in [5.41, 5.74) is 10.4. The molecule has 0 aromatic rings. The SMILES string of the molecule is CC1OCCC1N(C)C(=N)N=C(N)N. The highest BCUT2D eigenvalue weighted by atomic mass is 16.5. The van der Waals surface area contributed by atoms with Crippen molar-refractivity contribution in [2.45, 2.75) is 25.5 Å². The standard InChI is InChI=1S/C8H17N5O/c1-5-6(3-4-14-5)13(2)8(11)12-7(9)10/h5-6H,3-4H2,1-2H3,(H5,9,10,11,12). The molecular weight excluding hydrogens is 182 g/mol. The third-order valence-corrected chi connectivity index (χ3v) is 2.40. The zero-order valence-electron chi connectivity index (χ0n) is 8.53. The number of nitrogens with zero attached hydrogens (tertiary/aromatic N) is 2. The largest absolute Gasteiger partial charge is 0.376 e. The molecule has 0 aromatic carbocycles. The van der Waals surface area contributed by atoms with E-state index in [0.717, 1.165) is 13.0 Å². The molecule has 0 bridgehead atoms. The van der Waals surface area contributed by atoms with E-state index >= 15 is 0 Å². The van der Waals surface area contributed by atoms with E-state index in [-0.39, 0.29) is 24.1 Å². The van der Waals surface area contributed by atoms with Crippen molar-refractivity contribution in [1.29, 1.82) is 5.41 Å². The number of nitrogens with two attached hydrogens (primary N) is 2. The van der Waals surface area contributed by atoms with Gasteiger partial charge in [0.25, 0.3) is 0 Å². The van der Waals surface area contributed by atoms with Crippen molar-refractivity contribution in [3.63, 3.8) is 0 Å². The molecule has 1 aliphatic heterocycles. The number of aliphatic imine (C=N–C) groups is 1. The first-order valence-electron chi connectivity index (χ1n) is 4.55. The third kappa shape index (κ3) is 2.35. The van der Waals surface area contributed by atoms with Gasteiger partial charge in [-0.15, -0.1) is 0 Å². The second-order valence-electron chi connectivity index (χ2n) is 3.40. The lowest BCUT2D eigenvalue weighted by Crippen LogP contribution is -2.41. The Hall–Kier alpha value is -1.30. The van der Waals surface area contributed by atoms with E-state index in [1.807, 2.05) is 6.92 Å². The molecular formula is C8H17N5O. The lowest BCUT2D eigenvalue weighted by Gasteiger charge is -2.26. The summed E-state index contributed by atoms with van der Waals surface area (Å²) in [4.78, 5) is 5.42. The van der Waals surface area contributed by atoms with Gasteiger partial charge in [0.1, 0.15) is 0 Å². The summed E-state index contributed by atoms with van der Waals surface area (Å²) in [6, 6.07) is 0.186. The van der Waals surface area contributed by atoms with E-state index in [1.165, 1.54) is 0 Å². The van der Waals surface area contributed by atoms with Crippen LogP contribution >= 0.6 is 0 Å². The first-order chi connectivity index (χ1) is 6.52. The molecule has 2 atom stereocenters. The Kier molecular flexibility index (Phi) is 3.29. The van der Waals surface area contributed by atoms with Crippen LogP contribution in [0.2, 0.25) is 0 Å². The monoisotopic (exact) mass is 199 g/mol. The van der Waals surface area contributed by atoms with Crippen molar-refractivity contribution in [3.05, 3.63) is 0 Å². The van der Waals surface area contributed by atoms with E-state index in [4.69, 9.17) is 21.6 Å². The highest BCUT2D eigenvalue weighted by Gasteiger charge is 2.29. The quantitative estimate of drug-likeness (QED) is 0.384. The maximum Gasteiger partial charge on any atom is 0.221 e. The number of guanidine groups is 2. The summed E-state index contributed by atoms with van der Waals surface area (Å²) >= 11 is 0. The summed E-state index contributed by atoms with van der Waals surface area (Å²) in [6.07, 6.45) is 1.02. The Morgan fingerprint density at radius 2 is 2.21 bits per heavy atom. The highest BCUT2D eigenvalue weighted by molar-refractivity contribution is 5.91. The molecule has 14 heavy (non-hydrogen) atoms. The molecule has 1 saturated heterocycles. The smallest absolute Gasteiger partial charge is 0.221 e. The van der Waals surface area contributed by atoms with E-state index in [9.17, 15) is 0 Å². The van der Waals surface area contributed by atoms with Crippen molar-refractivity contribution in [1.82, 2.24) is 4.90 Å². The van der Waals surface area contributed by atoms with Gasteiger partial charge in [0, 0.05) is 13.7 Å². The Labute approximate surface area is 83.4 Å². The molecule has 5 N–H and O–H groups in total. The molecule has 0 aliphatic carbocycles. The molecule has 1 aliphatic rings. The lowest BCUT2D eigenvalue weighted by molar-refractivity contribution is 0.0995. The predicted octanol–water partition coefficient (Wildman–Crippen LogP) is -0.696. The van der Waals surface area contributed by atoms with Gasteiger partial charge in [0.15, 0.2) is 5.96 Å². The molecule has 0 saturated carbocycles. The topological polar surface area (TPSA) is 101 Å². The van der Waals surface area contributed by atoms with E-state index in [1.54, 1.807) is 11.9 Å². The number of hydrogen-bond donors (Lipinski definition) is 3. The average Bonchev–Trinajstić information content (AvgIpc) is 2.48. The molecule has 6 heteroatoms. The van der Waals surface area contributed by atoms with Crippen LogP contribution in [0.1, 0.15) is 13.3 Å². The van der Waals surface area contributed by atoms with Crippen LogP contribution < -0.4 is 11.5 Å². The van der Waals surface area contributed by atoms with Crippen LogP contribution in [-0.2, 0) is 4.74 Å². The molecule has 0 spiro atoms. The summed E-state index contributed by atoms with van der Waals surface area (Å²) in [5, 5.41) is 7.60. The minimum absolute atomic E-state index is 0.0763. The normalized spacial score (nSPS) is 25.9. The lowest BCUT2D eigenvalue weighted by atomic mass is 10.1. The van der Waals surface area contributed by atoms with Crippen LogP contribution in [0, 0.1) is 5.41 Å². The molecule has 1 heterocycles. The van der Waals surface area contributed by atoms with Crippen LogP contribution in [0.15, 0.2) is 4.99 Å². The molecule has 6 nitrogen and oxygen atoms in total. The van der Waals surface area contributed by atoms with Crippen molar-refractivity contribution in [3.8, 4) is 0 Å². The van der Waals surface area contributed by atoms with Gasteiger partial charge >= 0.3 is 0 Å². The maximum atomic E-state index is 7.60. The van der Waals surface area contributed by atoms with Crippen molar-refractivity contribution in [2.75, 3.05) is 13.7 Å². The Morgan fingerprint density at radius 1 is 1.57 bits per heavy atom. The van der Waals surface area contributed by atoms with Gasteiger partial charge in [0.2, 0.25) is 5.96 Å². The third-order valence-electron chi connectivity index (χ3n) is 2.40.